The van der Waals surface area contributed by atoms with Gasteiger partial charge in [0.05, 0.1) is 10.7 Å². The standard InChI is InChI=1S/C28H27ClFN7O2/c29-22-17-21(14-15-23(22)30)37(25(38)18-36-34-27(33-35-36)19-9-3-1-4-10-19)26(24-13-7-8-16-31-24)28(39)32-20-11-5-2-6-12-20/h1,3-4,7-10,13-17,20,26H,2,5-6,11-12,18H2,(H,32,39)/t26-/m0/s1. The van der Waals surface area contributed by atoms with Crippen molar-refractivity contribution in [3.63, 3.8) is 0 Å². The van der Waals surface area contributed by atoms with Gasteiger partial charge in [0.15, 0.2) is 6.04 Å². The molecule has 11 heteroatoms. The number of tetrazole rings is 1. The second-order valence-corrected chi connectivity index (χ2v) is 9.78. The third-order valence-corrected chi connectivity index (χ3v) is 6.93. The summed E-state index contributed by atoms with van der Waals surface area (Å²) in [6, 6.07) is 17.1. The highest BCUT2D eigenvalue weighted by Gasteiger charge is 2.35. The Morgan fingerprint density at radius 1 is 1.05 bits per heavy atom. The number of hydrogen-bond acceptors (Lipinski definition) is 6. The van der Waals surface area contributed by atoms with E-state index in [0.29, 0.717) is 11.5 Å². The fourth-order valence-electron chi connectivity index (χ4n) is 4.73. The number of carbonyl (C=O) groups is 2. The van der Waals surface area contributed by atoms with Gasteiger partial charge in [-0.1, -0.05) is 67.3 Å². The first-order valence-electron chi connectivity index (χ1n) is 12.8. The molecule has 9 nitrogen and oxygen atoms in total. The molecule has 1 N–H and O–H groups in total. The summed E-state index contributed by atoms with van der Waals surface area (Å²) in [4.78, 5) is 34.6. The van der Waals surface area contributed by atoms with Crippen molar-refractivity contribution in [3.8, 4) is 11.4 Å². The maximum atomic E-state index is 14.1. The van der Waals surface area contributed by atoms with E-state index in [-0.39, 0.29) is 29.2 Å². The summed E-state index contributed by atoms with van der Waals surface area (Å²) in [7, 11) is 0. The summed E-state index contributed by atoms with van der Waals surface area (Å²) < 4.78 is 14.1. The predicted octanol–water partition coefficient (Wildman–Crippen LogP) is 4.75. The van der Waals surface area contributed by atoms with E-state index in [1.165, 1.54) is 17.0 Å². The minimum absolute atomic E-state index is 0.00312. The van der Waals surface area contributed by atoms with E-state index < -0.39 is 17.8 Å². The summed E-state index contributed by atoms with van der Waals surface area (Å²) >= 11 is 6.11. The molecule has 1 atom stereocenters. The van der Waals surface area contributed by atoms with Gasteiger partial charge in [0.2, 0.25) is 11.7 Å². The third-order valence-electron chi connectivity index (χ3n) is 6.64. The van der Waals surface area contributed by atoms with Gasteiger partial charge >= 0.3 is 0 Å². The van der Waals surface area contributed by atoms with Crippen LogP contribution in [0.3, 0.4) is 0 Å². The Labute approximate surface area is 230 Å². The van der Waals surface area contributed by atoms with E-state index in [4.69, 9.17) is 11.6 Å². The molecular formula is C28H27ClFN7O2. The summed E-state index contributed by atoms with van der Waals surface area (Å²) in [6.07, 6.45) is 6.46. The molecule has 39 heavy (non-hydrogen) atoms. The van der Waals surface area contributed by atoms with Crippen LogP contribution in [-0.2, 0) is 16.1 Å². The number of aromatic nitrogens is 5. The van der Waals surface area contributed by atoms with Crippen molar-refractivity contribution < 1.29 is 14.0 Å². The molecule has 200 valence electrons. The first kappa shape index (κ1) is 26.4. The van der Waals surface area contributed by atoms with Crippen LogP contribution in [-0.4, -0.2) is 43.0 Å². The van der Waals surface area contributed by atoms with Gasteiger partial charge < -0.3 is 5.32 Å². The molecule has 0 radical (unpaired) electrons. The van der Waals surface area contributed by atoms with Crippen LogP contribution in [0.5, 0.6) is 0 Å². The minimum Gasteiger partial charge on any atom is -0.351 e. The number of hydrogen-bond donors (Lipinski definition) is 1. The average Bonchev–Trinajstić information content (AvgIpc) is 3.43. The second-order valence-electron chi connectivity index (χ2n) is 9.37. The third kappa shape index (κ3) is 6.28. The molecule has 2 aromatic carbocycles. The molecule has 2 aromatic heterocycles. The van der Waals surface area contributed by atoms with Crippen LogP contribution in [0, 0.1) is 5.82 Å². The topological polar surface area (TPSA) is 106 Å². The molecular weight excluding hydrogens is 521 g/mol. The number of pyridine rings is 1. The van der Waals surface area contributed by atoms with Crippen LogP contribution in [0.1, 0.15) is 43.8 Å². The van der Waals surface area contributed by atoms with Crippen molar-refractivity contribution >= 4 is 29.1 Å². The van der Waals surface area contributed by atoms with E-state index in [1.807, 2.05) is 30.3 Å². The Balaban J connectivity index is 1.51. The van der Waals surface area contributed by atoms with Crippen LogP contribution in [0.4, 0.5) is 10.1 Å². The van der Waals surface area contributed by atoms with Crippen LogP contribution in [0.15, 0.2) is 72.9 Å². The van der Waals surface area contributed by atoms with Gasteiger partial charge in [-0.3, -0.25) is 19.5 Å². The normalized spacial score (nSPS) is 14.5. The smallest absolute Gasteiger partial charge is 0.251 e. The highest BCUT2D eigenvalue weighted by Crippen LogP contribution is 2.31. The van der Waals surface area contributed by atoms with Gasteiger partial charge in [-0.05, 0) is 48.4 Å². The molecule has 1 aliphatic carbocycles. The van der Waals surface area contributed by atoms with E-state index in [0.717, 1.165) is 48.5 Å². The van der Waals surface area contributed by atoms with Crippen molar-refractivity contribution in [1.29, 1.82) is 0 Å². The van der Waals surface area contributed by atoms with Crippen LogP contribution in [0.2, 0.25) is 5.02 Å². The van der Waals surface area contributed by atoms with Gasteiger partial charge in [0.25, 0.3) is 5.91 Å². The molecule has 0 spiro atoms. The maximum absolute atomic E-state index is 14.1. The molecule has 1 fully saturated rings. The van der Waals surface area contributed by atoms with Gasteiger partial charge in [0, 0.05) is 23.5 Å². The Morgan fingerprint density at radius 3 is 2.54 bits per heavy atom. The maximum Gasteiger partial charge on any atom is 0.251 e. The molecule has 4 aromatic rings. The molecule has 0 bridgehead atoms. The van der Waals surface area contributed by atoms with Crippen molar-refractivity contribution in [2.75, 3.05) is 4.90 Å². The second kappa shape index (κ2) is 12.1. The van der Waals surface area contributed by atoms with E-state index >= 15 is 0 Å². The Hall–Kier alpha value is -4.18. The number of benzene rings is 2. The monoisotopic (exact) mass is 547 g/mol. The van der Waals surface area contributed by atoms with Crippen molar-refractivity contribution in [1.82, 2.24) is 30.5 Å². The largest absolute Gasteiger partial charge is 0.351 e. The highest BCUT2D eigenvalue weighted by atomic mass is 35.5. The van der Waals surface area contributed by atoms with Crippen LogP contribution in [0.25, 0.3) is 11.4 Å². The zero-order chi connectivity index (χ0) is 27.2. The lowest BCUT2D eigenvalue weighted by molar-refractivity contribution is -0.127. The minimum atomic E-state index is -1.14. The number of anilines is 1. The van der Waals surface area contributed by atoms with Crippen LogP contribution >= 0.6 is 11.6 Å². The number of amides is 2. The Bertz CT molecular complexity index is 1430. The first-order chi connectivity index (χ1) is 19.0. The fourth-order valence-corrected chi connectivity index (χ4v) is 4.91. The van der Waals surface area contributed by atoms with E-state index in [1.54, 1.807) is 24.4 Å². The SMILES string of the molecule is O=C(NC1CCCCC1)[C@H](c1ccccn1)N(C(=O)Cn1nnc(-c2ccccc2)n1)c1ccc(F)c(Cl)c1. The average molecular weight is 548 g/mol. The quantitative estimate of drug-likeness (QED) is 0.341. The van der Waals surface area contributed by atoms with Gasteiger partial charge in [-0.2, -0.15) is 4.80 Å². The zero-order valence-electron chi connectivity index (χ0n) is 21.1. The fraction of sp³-hybridized carbons (Fsp3) is 0.286. The summed E-state index contributed by atoms with van der Waals surface area (Å²) in [5, 5.41) is 15.4. The van der Waals surface area contributed by atoms with Crippen molar-refractivity contribution in [3.05, 3.63) is 89.5 Å². The lowest BCUT2D eigenvalue weighted by Gasteiger charge is -2.32. The zero-order valence-corrected chi connectivity index (χ0v) is 21.8. The first-order valence-corrected chi connectivity index (χ1v) is 13.2. The molecule has 2 amide bonds. The molecule has 0 saturated heterocycles. The lowest BCUT2D eigenvalue weighted by atomic mass is 9.95. The number of nitrogens with zero attached hydrogens (tertiary/aromatic N) is 6. The van der Waals surface area contributed by atoms with E-state index in [9.17, 15) is 14.0 Å². The molecule has 1 saturated carbocycles. The molecule has 0 unspecified atom stereocenters. The molecule has 2 heterocycles. The number of halogens is 2. The molecule has 1 aliphatic rings. The van der Waals surface area contributed by atoms with E-state index in [2.05, 4.69) is 25.7 Å². The number of nitrogens with one attached hydrogen (secondary N) is 1. The Kier molecular flexibility index (Phi) is 8.21. The number of rotatable bonds is 8. The van der Waals surface area contributed by atoms with Gasteiger partial charge in [0.1, 0.15) is 12.4 Å². The lowest BCUT2D eigenvalue weighted by Crippen LogP contribution is -2.48. The van der Waals surface area contributed by atoms with Crippen molar-refractivity contribution in [2.24, 2.45) is 0 Å². The summed E-state index contributed by atoms with van der Waals surface area (Å²) in [5.41, 5.74) is 1.34. The Morgan fingerprint density at radius 2 is 1.82 bits per heavy atom. The highest BCUT2D eigenvalue weighted by molar-refractivity contribution is 6.31. The van der Waals surface area contributed by atoms with Crippen molar-refractivity contribution in [2.45, 2.75) is 50.7 Å². The van der Waals surface area contributed by atoms with Gasteiger partial charge in [-0.25, -0.2) is 4.39 Å². The van der Waals surface area contributed by atoms with Crippen LogP contribution < -0.4 is 10.2 Å². The molecule has 0 aliphatic heterocycles. The molecule has 5 rings (SSSR count). The van der Waals surface area contributed by atoms with Gasteiger partial charge in [-0.15, -0.1) is 10.2 Å². The number of carbonyl (C=O) groups excluding carboxylic acids is 2. The summed E-state index contributed by atoms with van der Waals surface area (Å²) in [5.74, 6) is -1.19. The summed E-state index contributed by atoms with van der Waals surface area (Å²) in [6.45, 7) is -0.325. The predicted molar refractivity (Wildman–Crippen MR) is 144 cm³/mol.